The number of aryl methyl sites for hydroxylation is 1. The van der Waals surface area contributed by atoms with Gasteiger partial charge in [0.2, 0.25) is 0 Å². The van der Waals surface area contributed by atoms with Gasteiger partial charge in [-0.3, -0.25) is 9.78 Å². The summed E-state index contributed by atoms with van der Waals surface area (Å²) in [6.07, 6.45) is 0.597. The number of nitrogen functional groups attached to an aromatic ring is 1. The number of ether oxygens (including phenoxy) is 1. The third-order valence-electron chi connectivity index (χ3n) is 4.94. The van der Waals surface area contributed by atoms with Gasteiger partial charge in [0, 0.05) is 39.5 Å². The number of carbonyl (C=O) groups is 1. The molecule has 0 radical (unpaired) electrons. The van der Waals surface area contributed by atoms with Crippen molar-refractivity contribution < 1.29 is 9.53 Å². The molecule has 0 aliphatic rings. The van der Waals surface area contributed by atoms with E-state index in [0.29, 0.717) is 35.0 Å². The summed E-state index contributed by atoms with van der Waals surface area (Å²) in [5.74, 6) is 0.559. The molecule has 1 aromatic heterocycles. The summed E-state index contributed by atoms with van der Waals surface area (Å²) in [6.45, 7) is 2.35. The molecule has 0 saturated carbocycles. The third-order valence-corrected chi connectivity index (χ3v) is 5.19. The van der Waals surface area contributed by atoms with E-state index in [2.05, 4.69) is 10.3 Å². The number of hydrogen-bond donors (Lipinski definition) is 2. The topological polar surface area (TPSA) is 77.2 Å². The van der Waals surface area contributed by atoms with Crippen molar-refractivity contribution in [2.45, 2.75) is 13.3 Å². The summed E-state index contributed by atoms with van der Waals surface area (Å²) in [4.78, 5) is 17.4. The second-order valence-corrected chi connectivity index (χ2v) is 7.68. The van der Waals surface area contributed by atoms with Crippen LogP contribution in [0.5, 0.6) is 5.75 Å². The van der Waals surface area contributed by atoms with Crippen molar-refractivity contribution in [2.75, 3.05) is 17.7 Å². The van der Waals surface area contributed by atoms with Gasteiger partial charge in [0.25, 0.3) is 5.91 Å². The molecule has 0 fully saturated rings. The first-order valence-electron chi connectivity index (χ1n) is 9.94. The largest absolute Gasteiger partial charge is 0.493 e. The number of halogens is 2. The van der Waals surface area contributed by atoms with Crippen molar-refractivity contribution in [1.82, 2.24) is 4.98 Å². The highest BCUT2D eigenvalue weighted by Gasteiger charge is 2.12. The highest BCUT2D eigenvalue weighted by molar-refractivity contribution is 6.30. The molecule has 0 bridgehead atoms. The second-order valence-electron chi connectivity index (χ2n) is 7.25. The number of benzene rings is 3. The van der Waals surface area contributed by atoms with E-state index in [9.17, 15) is 4.79 Å². The molecule has 32 heavy (non-hydrogen) atoms. The lowest BCUT2D eigenvalue weighted by molar-refractivity contribution is 0.102. The summed E-state index contributed by atoms with van der Waals surface area (Å²) < 4.78 is 5.78. The van der Waals surface area contributed by atoms with E-state index >= 15 is 0 Å². The first-order valence-corrected chi connectivity index (χ1v) is 10.3. The molecule has 0 aliphatic heterocycles. The molecule has 7 heteroatoms. The van der Waals surface area contributed by atoms with Crippen molar-refractivity contribution in [1.29, 1.82) is 0 Å². The number of nitrogens with two attached hydrogens (primary N) is 1. The SMILES string of the molecule is Cc1cc(N)c2cc(NC(=O)c3ccccc3CCOc3ccc(Cl)cc3)ccc2n1.Cl. The molecule has 3 aromatic carbocycles. The Morgan fingerprint density at radius 3 is 2.59 bits per heavy atom. The zero-order valence-corrected chi connectivity index (χ0v) is 19.0. The first-order chi connectivity index (χ1) is 15.0. The molecule has 0 atom stereocenters. The Kier molecular flexibility index (Phi) is 7.57. The van der Waals surface area contributed by atoms with Crippen LogP contribution >= 0.6 is 24.0 Å². The maximum Gasteiger partial charge on any atom is 0.255 e. The van der Waals surface area contributed by atoms with Gasteiger partial charge in [0.1, 0.15) is 5.75 Å². The summed E-state index contributed by atoms with van der Waals surface area (Å²) in [7, 11) is 0. The maximum atomic E-state index is 13.0. The predicted octanol–water partition coefficient (Wildman–Crippen LogP) is 6.07. The predicted molar refractivity (Wildman–Crippen MR) is 133 cm³/mol. The van der Waals surface area contributed by atoms with Crippen LogP contribution in [0.1, 0.15) is 21.6 Å². The normalized spacial score (nSPS) is 10.4. The van der Waals surface area contributed by atoms with Gasteiger partial charge in [-0.25, -0.2) is 0 Å². The molecular formula is C25H23Cl2N3O2. The molecule has 5 nitrogen and oxygen atoms in total. The van der Waals surface area contributed by atoms with Crippen LogP contribution in [0.3, 0.4) is 0 Å². The number of fused-ring (bicyclic) bond motifs is 1. The Bertz CT molecular complexity index is 1240. The Morgan fingerprint density at radius 1 is 1.06 bits per heavy atom. The lowest BCUT2D eigenvalue weighted by atomic mass is 10.0. The standard InChI is InChI=1S/C25H22ClN3O2.ClH/c1-16-14-23(27)22-15-19(8-11-24(22)28-16)29-25(30)21-5-3-2-4-17(21)12-13-31-20-9-6-18(26)7-10-20;/h2-11,14-15H,12-13H2,1H3,(H2,27,28)(H,29,30);1H. The molecule has 0 saturated heterocycles. The van der Waals surface area contributed by atoms with E-state index in [1.807, 2.05) is 67.6 Å². The minimum atomic E-state index is -0.180. The molecule has 4 rings (SSSR count). The average Bonchev–Trinajstić information content (AvgIpc) is 2.76. The van der Waals surface area contributed by atoms with Gasteiger partial charge in [-0.05, 0) is 67.1 Å². The van der Waals surface area contributed by atoms with Crippen LogP contribution in [0, 0.1) is 6.92 Å². The number of aromatic nitrogens is 1. The summed E-state index contributed by atoms with van der Waals surface area (Å²) >= 11 is 5.90. The number of pyridine rings is 1. The first kappa shape index (κ1) is 23.4. The van der Waals surface area contributed by atoms with E-state index in [4.69, 9.17) is 22.1 Å². The number of anilines is 2. The monoisotopic (exact) mass is 467 g/mol. The van der Waals surface area contributed by atoms with Gasteiger partial charge >= 0.3 is 0 Å². The van der Waals surface area contributed by atoms with Crippen molar-refractivity contribution in [2.24, 2.45) is 0 Å². The molecule has 0 spiro atoms. The van der Waals surface area contributed by atoms with Crippen LogP contribution in [0.25, 0.3) is 10.9 Å². The lowest BCUT2D eigenvalue weighted by Gasteiger charge is -2.12. The molecule has 4 aromatic rings. The molecule has 164 valence electrons. The van der Waals surface area contributed by atoms with Crippen molar-refractivity contribution in [3.63, 3.8) is 0 Å². The molecule has 1 amide bonds. The van der Waals surface area contributed by atoms with Gasteiger partial charge in [0.15, 0.2) is 0 Å². The van der Waals surface area contributed by atoms with Gasteiger partial charge in [-0.2, -0.15) is 0 Å². The molecule has 3 N–H and O–H groups in total. The maximum absolute atomic E-state index is 13.0. The van der Waals surface area contributed by atoms with E-state index in [1.54, 1.807) is 12.1 Å². The van der Waals surface area contributed by atoms with Crippen LogP contribution in [-0.2, 0) is 6.42 Å². The van der Waals surface area contributed by atoms with Crippen molar-refractivity contribution in [3.8, 4) is 5.75 Å². The van der Waals surface area contributed by atoms with Crippen molar-refractivity contribution in [3.05, 3.63) is 94.6 Å². The fourth-order valence-corrected chi connectivity index (χ4v) is 3.56. The fraction of sp³-hybridized carbons (Fsp3) is 0.120. The zero-order valence-electron chi connectivity index (χ0n) is 17.5. The van der Waals surface area contributed by atoms with Gasteiger partial charge in [0.05, 0.1) is 12.1 Å². The molecule has 0 unspecified atom stereocenters. The van der Waals surface area contributed by atoms with Crippen LogP contribution < -0.4 is 15.8 Å². The van der Waals surface area contributed by atoms with Gasteiger partial charge in [-0.15, -0.1) is 12.4 Å². The third kappa shape index (κ3) is 5.49. The summed E-state index contributed by atoms with van der Waals surface area (Å²) in [5.41, 5.74) is 10.6. The van der Waals surface area contributed by atoms with Gasteiger partial charge in [-0.1, -0.05) is 29.8 Å². The Labute approximate surface area is 198 Å². The number of nitrogens with one attached hydrogen (secondary N) is 1. The zero-order chi connectivity index (χ0) is 21.8. The number of nitrogens with zero attached hydrogens (tertiary/aromatic N) is 1. The van der Waals surface area contributed by atoms with Crippen LogP contribution in [0.2, 0.25) is 5.02 Å². The number of rotatable bonds is 6. The van der Waals surface area contributed by atoms with Gasteiger partial charge < -0.3 is 15.8 Å². The molecule has 0 aliphatic carbocycles. The van der Waals surface area contributed by atoms with Crippen LogP contribution in [0.4, 0.5) is 11.4 Å². The minimum Gasteiger partial charge on any atom is -0.493 e. The van der Waals surface area contributed by atoms with E-state index in [0.717, 1.165) is 27.9 Å². The van der Waals surface area contributed by atoms with Crippen LogP contribution in [-0.4, -0.2) is 17.5 Å². The van der Waals surface area contributed by atoms with E-state index < -0.39 is 0 Å². The Morgan fingerprint density at radius 2 is 1.81 bits per heavy atom. The smallest absolute Gasteiger partial charge is 0.255 e. The second kappa shape index (κ2) is 10.4. The van der Waals surface area contributed by atoms with Crippen LogP contribution in [0.15, 0.2) is 72.8 Å². The minimum absolute atomic E-state index is 0. The number of carbonyl (C=O) groups excluding carboxylic acids is 1. The number of amides is 1. The lowest BCUT2D eigenvalue weighted by Crippen LogP contribution is -2.15. The van der Waals surface area contributed by atoms with E-state index in [1.165, 1.54) is 0 Å². The average molecular weight is 468 g/mol. The van der Waals surface area contributed by atoms with Crippen molar-refractivity contribution >= 4 is 52.2 Å². The summed E-state index contributed by atoms with van der Waals surface area (Å²) in [5, 5.41) is 4.44. The molecular weight excluding hydrogens is 445 g/mol. The van der Waals surface area contributed by atoms with E-state index in [-0.39, 0.29) is 18.3 Å². The quantitative estimate of drug-likeness (QED) is 0.360. The summed E-state index contributed by atoms with van der Waals surface area (Å²) in [6, 6.07) is 22.1. The Hall–Kier alpha value is -3.28. The highest BCUT2D eigenvalue weighted by atomic mass is 35.5. The highest BCUT2D eigenvalue weighted by Crippen LogP contribution is 2.25. The fourth-order valence-electron chi connectivity index (χ4n) is 3.44. The number of hydrogen-bond acceptors (Lipinski definition) is 4. The Balaban J connectivity index is 0.00000289. The molecule has 1 heterocycles.